The Labute approximate surface area is 74.3 Å². The van der Waals surface area contributed by atoms with Gasteiger partial charge in [0.1, 0.15) is 0 Å². The first-order valence-corrected chi connectivity index (χ1v) is 5.48. The number of hydrogen-bond donors (Lipinski definition) is 2. The van der Waals surface area contributed by atoms with Crippen molar-refractivity contribution >= 4 is 14.5 Å². The molecule has 0 unspecified atom stereocenters. The van der Waals surface area contributed by atoms with Gasteiger partial charge in [-0.3, -0.25) is 0 Å². The van der Waals surface area contributed by atoms with E-state index >= 15 is 0 Å². The standard InChI is InChI=1S/C9H13O2Si/c1-2-5-8-6-3-4-7-9(8)12(10)11/h3-4,6-7,10-11H,2,5H2,1H3. The highest BCUT2D eigenvalue weighted by atomic mass is 28.3. The second-order valence-corrected chi connectivity index (χ2v) is 3.92. The predicted molar refractivity (Wildman–Crippen MR) is 50.3 cm³/mol. The Balaban J connectivity index is 2.92. The highest BCUT2D eigenvalue weighted by molar-refractivity contribution is 6.59. The summed E-state index contributed by atoms with van der Waals surface area (Å²) >= 11 is 0. The first kappa shape index (κ1) is 9.44. The van der Waals surface area contributed by atoms with Crippen LogP contribution >= 0.6 is 0 Å². The number of rotatable bonds is 3. The van der Waals surface area contributed by atoms with Crippen LogP contribution in [0, 0.1) is 0 Å². The van der Waals surface area contributed by atoms with Crippen LogP contribution in [0.5, 0.6) is 0 Å². The average Bonchev–Trinajstić information content (AvgIpc) is 2.05. The van der Waals surface area contributed by atoms with Crippen molar-refractivity contribution in [1.82, 2.24) is 0 Å². The minimum Gasteiger partial charge on any atom is -0.406 e. The van der Waals surface area contributed by atoms with Crippen molar-refractivity contribution in [2.75, 3.05) is 0 Å². The summed E-state index contributed by atoms with van der Waals surface area (Å²) in [5.41, 5.74) is 1.07. The summed E-state index contributed by atoms with van der Waals surface area (Å²) in [6, 6.07) is 7.51. The summed E-state index contributed by atoms with van der Waals surface area (Å²) < 4.78 is 0. The van der Waals surface area contributed by atoms with E-state index in [4.69, 9.17) is 9.59 Å². The van der Waals surface area contributed by atoms with E-state index in [1.54, 1.807) is 6.07 Å². The molecule has 0 bridgehead atoms. The SMILES string of the molecule is CCCc1ccccc1[Si](O)O. The van der Waals surface area contributed by atoms with Crippen molar-refractivity contribution in [2.24, 2.45) is 0 Å². The van der Waals surface area contributed by atoms with Gasteiger partial charge in [-0.1, -0.05) is 37.6 Å². The van der Waals surface area contributed by atoms with Crippen LogP contribution in [0.15, 0.2) is 24.3 Å². The molecule has 0 spiro atoms. The molecule has 0 aromatic heterocycles. The summed E-state index contributed by atoms with van der Waals surface area (Å²) in [4.78, 5) is 18.2. The summed E-state index contributed by atoms with van der Waals surface area (Å²) in [5.74, 6) is 0. The Morgan fingerprint density at radius 3 is 2.50 bits per heavy atom. The van der Waals surface area contributed by atoms with Gasteiger partial charge in [0, 0.05) is 0 Å². The number of aryl methyl sites for hydroxylation is 1. The van der Waals surface area contributed by atoms with Crippen LogP contribution in [-0.4, -0.2) is 18.9 Å². The molecule has 1 aromatic rings. The minimum atomic E-state index is -2.26. The summed E-state index contributed by atoms with van der Waals surface area (Å²) in [5, 5.41) is 0.726. The van der Waals surface area contributed by atoms with Gasteiger partial charge in [0.05, 0.1) is 0 Å². The van der Waals surface area contributed by atoms with Crippen LogP contribution in [0.3, 0.4) is 0 Å². The molecule has 12 heavy (non-hydrogen) atoms. The molecule has 0 aliphatic heterocycles. The molecule has 2 N–H and O–H groups in total. The van der Waals surface area contributed by atoms with Crippen LogP contribution in [0.25, 0.3) is 0 Å². The monoisotopic (exact) mass is 181 g/mol. The Kier molecular flexibility index (Phi) is 3.46. The lowest BCUT2D eigenvalue weighted by molar-refractivity contribution is 0.425. The van der Waals surface area contributed by atoms with Crippen LogP contribution in [0.2, 0.25) is 0 Å². The smallest absolute Gasteiger partial charge is 0.406 e. The lowest BCUT2D eigenvalue weighted by atomic mass is 10.1. The molecule has 2 nitrogen and oxygen atoms in total. The van der Waals surface area contributed by atoms with Crippen LogP contribution < -0.4 is 5.19 Å². The van der Waals surface area contributed by atoms with E-state index in [0.29, 0.717) is 0 Å². The zero-order valence-electron chi connectivity index (χ0n) is 7.12. The second kappa shape index (κ2) is 4.40. The molecule has 0 saturated heterocycles. The van der Waals surface area contributed by atoms with E-state index in [-0.39, 0.29) is 0 Å². The molecule has 1 aromatic carbocycles. The molecule has 0 atom stereocenters. The normalized spacial score (nSPS) is 10.7. The van der Waals surface area contributed by atoms with Gasteiger partial charge in [-0.25, -0.2) is 0 Å². The van der Waals surface area contributed by atoms with E-state index in [9.17, 15) is 0 Å². The molecular formula is C9H13O2Si. The van der Waals surface area contributed by atoms with E-state index in [1.807, 2.05) is 18.2 Å². The molecule has 0 heterocycles. The number of benzene rings is 1. The largest absolute Gasteiger partial charge is 0.418 e. The molecule has 0 saturated carbocycles. The van der Waals surface area contributed by atoms with E-state index in [0.717, 1.165) is 23.6 Å². The van der Waals surface area contributed by atoms with Crippen molar-refractivity contribution in [2.45, 2.75) is 19.8 Å². The fourth-order valence-electron chi connectivity index (χ4n) is 1.23. The molecule has 3 heteroatoms. The fourth-order valence-corrected chi connectivity index (χ4v) is 1.97. The molecule has 0 aliphatic rings. The predicted octanol–water partition coefficient (Wildman–Crippen LogP) is 0.319. The Morgan fingerprint density at radius 1 is 1.25 bits per heavy atom. The van der Waals surface area contributed by atoms with E-state index in [1.165, 1.54) is 0 Å². The fraction of sp³-hybridized carbons (Fsp3) is 0.333. The van der Waals surface area contributed by atoms with Gasteiger partial charge in [0.2, 0.25) is 0 Å². The maximum Gasteiger partial charge on any atom is 0.418 e. The highest BCUT2D eigenvalue weighted by Gasteiger charge is 2.12. The minimum absolute atomic E-state index is 0.726. The summed E-state index contributed by atoms with van der Waals surface area (Å²) in [6.45, 7) is 2.08. The Morgan fingerprint density at radius 2 is 1.92 bits per heavy atom. The third-order valence-corrected chi connectivity index (χ3v) is 2.75. The summed E-state index contributed by atoms with van der Waals surface area (Å²) in [6.07, 6.45) is 1.96. The molecule has 0 fully saturated rings. The third kappa shape index (κ3) is 2.17. The van der Waals surface area contributed by atoms with Gasteiger partial charge in [0.15, 0.2) is 0 Å². The maximum absolute atomic E-state index is 9.09. The quantitative estimate of drug-likeness (QED) is 0.659. The lowest BCUT2D eigenvalue weighted by Gasteiger charge is -2.06. The van der Waals surface area contributed by atoms with Gasteiger partial charge in [0.25, 0.3) is 0 Å². The average molecular weight is 181 g/mol. The zero-order valence-corrected chi connectivity index (χ0v) is 8.12. The topological polar surface area (TPSA) is 40.5 Å². The Bertz CT molecular complexity index is 248. The zero-order chi connectivity index (χ0) is 8.97. The van der Waals surface area contributed by atoms with Crippen molar-refractivity contribution in [1.29, 1.82) is 0 Å². The van der Waals surface area contributed by atoms with Gasteiger partial charge >= 0.3 is 9.28 Å². The van der Waals surface area contributed by atoms with Gasteiger partial charge < -0.3 is 9.59 Å². The summed E-state index contributed by atoms with van der Waals surface area (Å²) in [7, 11) is -2.26. The molecule has 65 valence electrons. The van der Waals surface area contributed by atoms with Crippen molar-refractivity contribution in [3.63, 3.8) is 0 Å². The Hall–Kier alpha value is -0.643. The van der Waals surface area contributed by atoms with E-state index < -0.39 is 9.28 Å². The number of hydrogen-bond acceptors (Lipinski definition) is 2. The van der Waals surface area contributed by atoms with Crippen LogP contribution in [0.1, 0.15) is 18.9 Å². The molecule has 1 radical (unpaired) electrons. The molecule has 0 aliphatic carbocycles. The van der Waals surface area contributed by atoms with Crippen LogP contribution in [0.4, 0.5) is 0 Å². The van der Waals surface area contributed by atoms with Gasteiger partial charge in [-0.15, -0.1) is 0 Å². The molecule has 1 rings (SSSR count). The van der Waals surface area contributed by atoms with Gasteiger partial charge in [-0.05, 0) is 17.2 Å². The third-order valence-electron chi connectivity index (χ3n) is 1.78. The van der Waals surface area contributed by atoms with Crippen molar-refractivity contribution in [3.05, 3.63) is 29.8 Å². The first-order valence-electron chi connectivity index (χ1n) is 4.09. The first-order chi connectivity index (χ1) is 5.75. The molecule has 0 amide bonds. The van der Waals surface area contributed by atoms with Gasteiger partial charge in [-0.2, -0.15) is 0 Å². The molecular weight excluding hydrogens is 168 g/mol. The van der Waals surface area contributed by atoms with Crippen LogP contribution in [-0.2, 0) is 6.42 Å². The van der Waals surface area contributed by atoms with E-state index in [2.05, 4.69) is 6.92 Å². The lowest BCUT2D eigenvalue weighted by Crippen LogP contribution is -2.32. The van der Waals surface area contributed by atoms with Crippen molar-refractivity contribution in [3.8, 4) is 0 Å². The van der Waals surface area contributed by atoms with Crippen molar-refractivity contribution < 1.29 is 9.59 Å². The second-order valence-electron chi connectivity index (χ2n) is 2.73. The highest BCUT2D eigenvalue weighted by Crippen LogP contribution is 2.00. The maximum atomic E-state index is 9.09.